The van der Waals surface area contributed by atoms with E-state index in [2.05, 4.69) is 0 Å². The van der Waals surface area contributed by atoms with E-state index in [4.69, 9.17) is 9.47 Å². The number of allylic oxidation sites excluding steroid dienone is 4. The van der Waals surface area contributed by atoms with Gasteiger partial charge in [0.15, 0.2) is 23.5 Å². The van der Waals surface area contributed by atoms with Crippen molar-refractivity contribution in [2.45, 2.75) is 88.9 Å². The number of aliphatic hydroxyl groups is 5. The number of carbonyl (C=O) groups excluding carboxylic acids is 2. The molecule has 0 aromatic carbocycles. The molecule has 0 bridgehead atoms. The molecule has 0 radical (unpaired) electrons. The predicted molar refractivity (Wildman–Crippen MR) is 131 cm³/mol. The second kappa shape index (κ2) is 9.54. The third-order valence-electron chi connectivity index (χ3n) is 10.6. The second-order valence-electron chi connectivity index (χ2n) is 12.5. The van der Waals surface area contributed by atoms with Crippen LogP contribution in [0.4, 0.5) is 4.39 Å². The predicted octanol–water partition coefficient (Wildman–Crippen LogP) is 0.605. The SMILES string of the molecule is C[C@@H]1C[C@H]2[C@@H]3CCC4=CC(=O)C=C[C@]4(C)[C@@]3(F)[C@@H](O)C[C@]2(C)[C@H]1C(=O)CO[C@@H]1O[C@H](CO)[C@H](O)[C@H](O)[C@H]1O. The van der Waals surface area contributed by atoms with Crippen molar-refractivity contribution in [3.63, 3.8) is 0 Å². The van der Waals surface area contributed by atoms with Gasteiger partial charge in [-0.2, -0.15) is 0 Å². The van der Waals surface area contributed by atoms with Crippen LogP contribution in [0.2, 0.25) is 0 Å². The summed E-state index contributed by atoms with van der Waals surface area (Å²) >= 11 is 0. The zero-order valence-corrected chi connectivity index (χ0v) is 22.0. The Balaban J connectivity index is 1.36. The molecule has 0 spiro atoms. The van der Waals surface area contributed by atoms with Crippen LogP contribution in [0.5, 0.6) is 0 Å². The molecule has 38 heavy (non-hydrogen) atoms. The summed E-state index contributed by atoms with van der Waals surface area (Å²) in [6.45, 7) is 4.59. The number of hydrogen-bond acceptors (Lipinski definition) is 9. The van der Waals surface area contributed by atoms with E-state index in [-0.39, 0.29) is 29.8 Å². The smallest absolute Gasteiger partial charge is 0.187 e. The molecule has 0 amide bonds. The number of rotatable bonds is 5. The van der Waals surface area contributed by atoms with Crippen LogP contribution < -0.4 is 0 Å². The maximum absolute atomic E-state index is 17.2. The number of alkyl halides is 1. The van der Waals surface area contributed by atoms with Crippen LogP contribution in [0.15, 0.2) is 23.8 Å². The first-order valence-corrected chi connectivity index (χ1v) is 13.6. The minimum absolute atomic E-state index is 0.0795. The number of halogens is 1. The lowest BCUT2D eigenvalue weighted by Crippen LogP contribution is -2.66. The van der Waals surface area contributed by atoms with E-state index < -0.39 is 78.4 Å². The first-order chi connectivity index (χ1) is 17.8. The fourth-order valence-corrected chi connectivity index (χ4v) is 8.72. The molecular weight excluding hydrogens is 499 g/mol. The van der Waals surface area contributed by atoms with Crippen LogP contribution >= 0.6 is 0 Å². The van der Waals surface area contributed by atoms with Crippen molar-refractivity contribution in [1.29, 1.82) is 0 Å². The second-order valence-corrected chi connectivity index (χ2v) is 12.5. The molecule has 212 valence electrons. The quantitative estimate of drug-likeness (QED) is 0.339. The van der Waals surface area contributed by atoms with Crippen molar-refractivity contribution in [3.05, 3.63) is 23.8 Å². The molecule has 4 aliphatic carbocycles. The first-order valence-electron chi connectivity index (χ1n) is 13.6. The van der Waals surface area contributed by atoms with Crippen molar-refractivity contribution in [3.8, 4) is 0 Å². The molecule has 3 saturated carbocycles. The zero-order valence-electron chi connectivity index (χ0n) is 22.0. The van der Waals surface area contributed by atoms with Crippen molar-refractivity contribution in [2.24, 2.45) is 34.5 Å². The molecule has 1 saturated heterocycles. The Labute approximate surface area is 221 Å². The molecule has 0 unspecified atom stereocenters. The van der Waals surface area contributed by atoms with Gasteiger partial charge in [-0.1, -0.05) is 25.5 Å². The summed E-state index contributed by atoms with van der Waals surface area (Å²) in [5, 5.41) is 51.1. The molecule has 5 aliphatic rings. The molecular formula is C28H39FO9. The van der Waals surface area contributed by atoms with Crippen molar-refractivity contribution in [2.75, 3.05) is 13.2 Å². The number of Topliss-reactive ketones (excluding diaryl/α,β-unsaturated/α-hetero) is 1. The van der Waals surface area contributed by atoms with Crippen LogP contribution in [0.25, 0.3) is 0 Å². The largest absolute Gasteiger partial charge is 0.394 e. The molecule has 4 fully saturated rings. The highest BCUT2D eigenvalue weighted by molar-refractivity contribution is 6.01. The van der Waals surface area contributed by atoms with Gasteiger partial charge in [0.1, 0.15) is 31.0 Å². The summed E-state index contributed by atoms with van der Waals surface area (Å²) in [4.78, 5) is 25.6. The molecule has 1 heterocycles. The van der Waals surface area contributed by atoms with E-state index in [0.29, 0.717) is 24.8 Å². The summed E-state index contributed by atoms with van der Waals surface area (Å²) in [5.74, 6) is -1.76. The van der Waals surface area contributed by atoms with Gasteiger partial charge in [0.2, 0.25) is 0 Å². The first kappa shape index (κ1) is 28.0. The standard InChI is InChI=1S/C28H39FO9/c1-13-8-17-16-5-4-14-9-15(31)6-7-27(14,3)28(16,29)20(33)10-26(17,2)21(13)18(32)12-37-25-24(36)23(35)22(34)19(11-30)38-25/h6-7,9,13,16-17,19-25,30,33-36H,4-5,8,10-12H2,1-3H3/t13-,16+,17+,19-,20+,21-,22+,23+,24-,25-,26+,27+,28+/m1/s1. The Hall–Kier alpha value is -1.53. The van der Waals surface area contributed by atoms with Gasteiger partial charge in [0.05, 0.1) is 12.7 Å². The minimum atomic E-state index is -1.97. The molecule has 0 aromatic rings. The number of ether oxygens (including phenoxy) is 2. The van der Waals surface area contributed by atoms with Crippen LogP contribution in [-0.2, 0) is 19.1 Å². The summed E-state index contributed by atoms with van der Waals surface area (Å²) < 4.78 is 28.1. The van der Waals surface area contributed by atoms with Gasteiger partial charge < -0.3 is 35.0 Å². The number of aliphatic hydroxyl groups excluding tert-OH is 5. The minimum Gasteiger partial charge on any atom is -0.394 e. The van der Waals surface area contributed by atoms with Crippen molar-refractivity contribution < 1.29 is 49.0 Å². The topological polar surface area (TPSA) is 154 Å². The van der Waals surface area contributed by atoms with Gasteiger partial charge in [-0.15, -0.1) is 0 Å². The molecule has 5 N–H and O–H groups in total. The monoisotopic (exact) mass is 538 g/mol. The molecule has 5 rings (SSSR count). The summed E-state index contributed by atoms with van der Waals surface area (Å²) in [5.41, 5.74) is -3.05. The lowest BCUT2D eigenvalue weighted by molar-refractivity contribution is -0.299. The maximum atomic E-state index is 17.2. The highest BCUT2D eigenvalue weighted by Gasteiger charge is 2.71. The van der Waals surface area contributed by atoms with E-state index in [1.807, 2.05) is 13.8 Å². The van der Waals surface area contributed by atoms with Crippen LogP contribution in [-0.4, -0.2) is 92.8 Å². The maximum Gasteiger partial charge on any atom is 0.187 e. The number of ketones is 2. The Morgan fingerprint density at radius 3 is 2.55 bits per heavy atom. The Morgan fingerprint density at radius 2 is 1.87 bits per heavy atom. The van der Waals surface area contributed by atoms with Crippen molar-refractivity contribution in [1.82, 2.24) is 0 Å². The van der Waals surface area contributed by atoms with Gasteiger partial charge >= 0.3 is 0 Å². The van der Waals surface area contributed by atoms with Crippen LogP contribution in [0.1, 0.15) is 46.5 Å². The van der Waals surface area contributed by atoms with E-state index in [9.17, 15) is 35.1 Å². The van der Waals surface area contributed by atoms with Gasteiger partial charge in [-0.05, 0) is 62.0 Å². The summed E-state index contributed by atoms with van der Waals surface area (Å²) in [6, 6.07) is 0. The molecule has 1 aliphatic heterocycles. The highest BCUT2D eigenvalue weighted by atomic mass is 19.1. The Bertz CT molecular complexity index is 1040. The van der Waals surface area contributed by atoms with Crippen LogP contribution in [0, 0.1) is 34.5 Å². The third-order valence-corrected chi connectivity index (χ3v) is 10.6. The van der Waals surface area contributed by atoms with E-state index in [1.54, 1.807) is 13.0 Å². The average molecular weight is 539 g/mol. The van der Waals surface area contributed by atoms with Crippen molar-refractivity contribution >= 4 is 11.6 Å². The third kappa shape index (κ3) is 3.83. The highest BCUT2D eigenvalue weighted by Crippen LogP contribution is 2.69. The van der Waals surface area contributed by atoms with Crippen LogP contribution in [0.3, 0.4) is 0 Å². The fourth-order valence-electron chi connectivity index (χ4n) is 8.72. The zero-order chi connectivity index (χ0) is 27.8. The Kier molecular flexibility index (Phi) is 7.03. The number of carbonyl (C=O) groups is 2. The lowest BCUT2D eigenvalue weighted by atomic mass is 9.45. The normalized spacial score (nSPS) is 52.1. The average Bonchev–Trinajstić information content (AvgIpc) is 3.13. The van der Waals surface area contributed by atoms with Gasteiger partial charge in [-0.25, -0.2) is 4.39 Å². The number of hydrogen-bond donors (Lipinski definition) is 5. The van der Waals surface area contributed by atoms with E-state index in [0.717, 1.165) is 0 Å². The molecule has 10 heteroatoms. The lowest BCUT2D eigenvalue weighted by Gasteiger charge is -2.62. The fraction of sp³-hybridized carbons (Fsp3) is 0.786. The van der Waals surface area contributed by atoms with E-state index >= 15 is 4.39 Å². The molecule has 13 atom stereocenters. The number of fused-ring (bicyclic) bond motifs is 5. The van der Waals surface area contributed by atoms with E-state index in [1.165, 1.54) is 12.2 Å². The Morgan fingerprint density at radius 1 is 1.16 bits per heavy atom. The summed E-state index contributed by atoms with van der Waals surface area (Å²) in [7, 11) is 0. The molecule has 0 aromatic heterocycles. The van der Waals surface area contributed by atoms with Gasteiger partial charge in [0, 0.05) is 17.3 Å². The molecule has 9 nitrogen and oxygen atoms in total. The van der Waals surface area contributed by atoms with Gasteiger partial charge in [0.25, 0.3) is 0 Å². The van der Waals surface area contributed by atoms with Gasteiger partial charge in [-0.3, -0.25) is 9.59 Å². The summed E-state index contributed by atoms with van der Waals surface area (Å²) in [6.07, 6.45) is -2.47.